The minimum atomic E-state index is -0.105. The highest BCUT2D eigenvalue weighted by atomic mass is 16.5. The van der Waals surface area contributed by atoms with Crippen molar-refractivity contribution in [3.8, 4) is 0 Å². The van der Waals surface area contributed by atoms with Crippen LogP contribution in [-0.4, -0.2) is 24.9 Å². The minimum absolute atomic E-state index is 0.105. The van der Waals surface area contributed by atoms with Gasteiger partial charge in [-0.2, -0.15) is 0 Å². The third-order valence-corrected chi connectivity index (χ3v) is 3.76. The van der Waals surface area contributed by atoms with E-state index in [2.05, 4.69) is 23.5 Å². The van der Waals surface area contributed by atoms with Crippen LogP contribution in [0.2, 0.25) is 0 Å². The number of hydrogen-bond donors (Lipinski definition) is 2. The highest BCUT2D eigenvalue weighted by molar-refractivity contribution is 5.26. The van der Waals surface area contributed by atoms with E-state index in [-0.39, 0.29) is 6.10 Å². The zero-order valence-electron chi connectivity index (χ0n) is 11.1. The summed E-state index contributed by atoms with van der Waals surface area (Å²) in [5, 5.41) is 13.2. The van der Waals surface area contributed by atoms with Gasteiger partial charge in [0.05, 0.1) is 12.7 Å². The molecule has 0 amide bonds. The first-order valence-electron chi connectivity index (χ1n) is 6.75. The van der Waals surface area contributed by atoms with Crippen LogP contribution in [0.1, 0.15) is 30.4 Å². The van der Waals surface area contributed by atoms with Crippen LogP contribution in [0, 0.1) is 5.92 Å². The number of nitrogens with one attached hydrogen (secondary N) is 1. The second-order valence-corrected chi connectivity index (χ2v) is 5.09. The molecular formula is C15H23NO2. The molecule has 0 radical (unpaired) electrons. The van der Waals surface area contributed by atoms with Gasteiger partial charge in [-0.15, -0.1) is 0 Å². The van der Waals surface area contributed by atoms with Crippen LogP contribution in [0.15, 0.2) is 24.3 Å². The van der Waals surface area contributed by atoms with E-state index in [4.69, 9.17) is 4.74 Å². The van der Waals surface area contributed by atoms with Crippen molar-refractivity contribution in [3.63, 3.8) is 0 Å². The smallest absolute Gasteiger partial charge is 0.0716 e. The summed E-state index contributed by atoms with van der Waals surface area (Å²) in [5.41, 5.74) is 2.52. The Morgan fingerprint density at radius 2 is 2.06 bits per heavy atom. The van der Waals surface area contributed by atoms with E-state index in [0.29, 0.717) is 12.5 Å². The molecule has 3 heteroatoms. The van der Waals surface area contributed by atoms with Crippen molar-refractivity contribution in [1.29, 1.82) is 0 Å². The van der Waals surface area contributed by atoms with Crippen molar-refractivity contribution in [2.45, 2.75) is 38.5 Å². The quantitative estimate of drug-likeness (QED) is 0.811. The van der Waals surface area contributed by atoms with Crippen LogP contribution in [0.3, 0.4) is 0 Å². The molecule has 100 valence electrons. The van der Waals surface area contributed by atoms with E-state index < -0.39 is 0 Å². The number of hydrogen-bond acceptors (Lipinski definition) is 3. The second-order valence-electron chi connectivity index (χ2n) is 5.09. The van der Waals surface area contributed by atoms with Crippen molar-refractivity contribution in [2.75, 3.05) is 13.7 Å². The lowest BCUT2D eigenvalue weighted by atomic mass is 10.1. The van der Waals surface area contributed by atoms with Gasteiger partial charge in [-0.3, -0.25) is 0 Å². The summed E-state index contributed by atoms with van der Waals surface area (Å²) in [4.78, 5) is 0. The Bertz CT molecular complexity index is 367. The highest BCUT2D eigenvalue weighted by Crippen LogP contribution is 2.24. The average Bonchev–Trinajstić information content (AvgIpc) is 2.78. The first-order valence-corrected chi connectivity index (χ1v) is 6.75. The molecule has 0 spiro atoms. The lowest BCUT2D eigenvalue weighted by molar-refractivity contribution is 0.131. The standard InChI is InChI=1S/C15H23NO2/c1-18-11-14-6-3-2-5-12(14)9-16-10-13-7-4-8-15(13)17/h2-3,5-6,13,15-17H,4,7-11H2,1H3. The lowest BCUT2D eigenvalue weighted by Crippen LogP contribution is -2.27. The van der Waals surface area contributed by atoms with Gasteiger partial charge in [0.15, 0.2) is 0 Å². The van der Waals surface area contributed by atoms with Gasteiger partial charge in [0.1, 0.15) is 0 Å². The van der Waals surface area contributed by atoms with Crippen molar-refractivity contribution < 1.29 is 9.84 Å². The number of ether oxygens (including phenoxy) is 1. The van der Waals surface area contributed by atoms with Gasteiger partial charge in [-0.1, -0.05) is 30.7 Å². The molecule has 1 saturated carbocycles. The van der Waals surface area contributed by atoms with Crippen molar-refractivity contribution in [1.82, 2.24) is 5.32 Å². The number of rotatable bonds is 6. The average molecular weight is 249 g/mol. The van der Waals surface area contributed by atoms with Crippen molar-refractivity contribution >= 4 is 0 Å². The zero-order valence-corrected chi connectivity index (χ0v) is 11.1. The lowest BCUT2D eigenvalue weighted by Gasteiger charge is -2.16. The normalized spacial score (nSPS) is 23.4. The maximum Gasteiger partial charge on any atom is 0.0716 e. The monoisotopic (exact) mass is 249 g/mol. The summed E-state index contributed by atoms with van der Waals surface area (Å²) < 4.78 is 5.20. The Balaban J connectivity index is 1.82. The van der Waals surface area contributed by atoms with E-state index in [1.165, 1.54) is 11.1 Å². The molecule has 0 aromatic heterocycles. The Labute approximate surface area is 109 Å². The number of aliphatic hydroxyl groups is 1. The molecule has 0 aliphatic heterocycles. The van der Waals surface area contributed by atoms with Crippen molar-refractivity contribution in [3.05, 3.63) is 35.4 Å². The molecule has 1 aliphatic carbocycles. The van der Waals surface area contributed by atoms with E-state index in [9.17, 15) is 5.11 Å². The fourth-order valence-corrected chi connectivity index (χ4v) is 2.67. The van der Waals surface area contributed by atoms with Crippen LogP contribution >= 0.6 is 0 Å². The fourth-order valence-electron chi connectivity index (χ4n) is 2.67. The summed E-state index contributed by atoms with van der Waals surface area (Å²) in [5.74, 6) is 0.430. The van der Waals surface area contributed by atoms with E-state index in [1.54, 1.807) is 7.11 Å². The topological polar surface area (TPSA) is 41.5 Å². The summed E-state index contributed by atoms with van der Waals surface area (Å²) in [7, 11) is 1.72. The first kappa shape index (κ1) is 13.5. The van der Waals surface area contributed by atoms with Crippen LogP contribution in [0.4, 0.5) is 0 Å². The molecule has 1 fully saturated rings. The van der Waals surface area contributed by atoms with E-state index >= 15 is 0 Å². The molecule has 18 heavy (non-hydrogen) atoms. The van der Waals surface area contributed by atoms with Gasteiger partial charge in [-0.25, -0.2) is 0 Å². The first-order chi connectivity index (χ1) is 8.81. The summed E-state index contributed by atoms with van der Waals surface area (Å²) in [6.07, 6.45) is 3.17. The Kier molecular flexibility index (Phi) is 5.17. The highest BCUT2D eigenvalue weighted by Gasteiger charge is 2.24. The van der Waals surface area contributed by atoms with E-state index in [0.717, 1.165) is 32.4 Å². The minimum Gasteiger partial charge on any atom is -0.393 e. The number of aliphatic hydroxyl groups excluding tert-OH is 1. The van der Waals surface area contributed by atoms with Gasteiger partial charge in [0.25, 0.3) is 0 Å². The predicted molar refractivity (Wildman–Crippen MR) is 72.2 cm³/mol. The van der Waals surface area contributed by atoms with Gasteiger partial charge in [0.2, 0.25) is 0 Å². The molecule has 2 N–H and O–H groups in total. The fraction of sp³-hybridized carbons (Fsp3) is 0.600. The summed E-state index contributed by atoms with van der Waals surface area (Å²) in [6, 6.07) is 8.33. The largest absolute Gasteiger partial charge is 0.393 e. The molecule has 0 heterocycles. The third kappa shape index (κ3) is 3.55. The van der Waals surface area contributed by atoms with Crippen LogP contribution < -0.4 is 5.32 Å². The Morgan fingerprint density at radius 1 is 1.28 bits per heavy atom. The molecule has 1 aromatic rings. The SMILES string of the molecule is COCc1ccccc1CNCC1CCCC1O. The maximum atomic E-state index is 9.76. The second kappa shape index (κ2) is 6.88. The summed E-state index contributed by atoms with van der Waals surface area (Å²) in [6.45, 7) is 2.41. The Hall–Kier alpha value is -0.900. The number of methoxy groups -OCH3 is 1. The van der Waals surface area contributed by atoms with Crippen LogP contribution in [-0.2, 0) is 17.9 Å². The molecule has 3 nitrogen and oxygen atoms in total. The molecule has 1 aromatic carbocycles. The maximum absolute atomic E-state index is 9.76. The molecule has 2 rings (SSSR count). The van der Waals surface area contributed by atoms with Gasteiger partial charge >= 0.3 is 0 Å². The van der Waals surface area contributed by atoms with Gasteiger partial charge < -0.3 is 15.2 Å². The molecule has 0 saturated heterocycles. The molecule has 1 aliphatic rings. The summed E-state index contributed by atoms with van der Waals surface area (Å²) >= 11 is 0. The zero-order chi connectivity index (χ0) is 12.8. The van der Waals surface area contributed by atoms with E-state index in [1.807, 2.05) is 6.07 Å². The Morgan fingerprint density at radius 3 is 2.72 bits per heavy atom. The van der Waals surface area contributed by atoms with Crippen LogP contribution in [0.5, 0.6) is 0 Å². The van der Waals surface area contributed by atoms with Gasteiger partial charge in [-0.05, 0) is 29.9 Å². The molecule has 0 bridgehead atoms. The molecular weight excluding hydrogens is 226 g/mol. The van der Waals surface area contributed by atoms with Crippen LogP contribution in [0.25, 0.3) is 0 Å². The predicted octanol–water partition coefficient (Wildman–Crippen LogP) is 2.08. The number of benzene rings is 1. The third-order valence-electron chi connectivity index (χ3n) is 3.76. The molecule has 2 unspecified atom stereocenters. The van der Waals surface area contributed by atoms with Gasteiger partial charge in [0, 0.05) is 20.2 Å². The van der Waals surface area contributed by atoms with Crippen molar-refractivity contribution in [2.24, 2.45) is 5.92 Å². The molecule has 2 atom stereocenters.